The normalized spacial score (nSPS) is 11.0. The third kappa shape index (κ3) is 3.41. The van der Waals surface area contributed by atoms with Gasteiger partial charge in [-0.2, -0.15) is 18.4 Å². The predicted molar refractivity (Wildman–Crippen MR) is 65.4 cm³/mol. The van der Waals surface area contributed by atoms with Crippen molar-refractivity contribution in [2.24, 2.45) is 0 Å². The molecule has 0 aliphatic rings. The second kappa shape index (κ2) is 5.58. The lowest BCUT2D eigenvalue weighted by molar-refractivity contribution is -0.141. The minimum absolute atomic E-state index is 0.0373. The summed E-state index contributed by atoms with van der Waals surface area (Å²) in [5.41, 5.74) is -1.40. The van der Waals surface area contributed by atoms with Crippen LogP contribution in [0.1, 0.15) is 11.3 Å². The number of nitrogens with zero attached hydrogens (tertiary/aromatic N) is 2. The number of benzene rings is 1. The Balaban J connectivity index is 2.42. The summed E-state index contributed by atoms with van der Waals surface area (Å²) in [6, 6.07) is 6.48. The van der Waals surface area contributed by atoms with Crippen molar-refractivity contribution in [3.8, 4) is 17.7 Å². The molecule has 0 saturated carbocycles. The van der Waals surface area contributed by atoms with Gasteiger partial charge in [-0.1, -0.05) is 11.6 Å². The van der Waals surface area contributed by atoms with E-state index in [1.807, 2.05) is 0 Å². The first-order valence-electron chi connectivity index (χ1n) is 5.42. The molecule has 0 N–H and O–H groups in total. The fourth-order valence-corrected chi connectivity index (χ4v) is 1.58. The van der Waals surface area contributed by atoms with Crippen molar-refractivity contribution < 1.29 is 22.3 Å². The molecule has 0 aliphatic carbocycles. The van der Waals surface area contributed by atoms with Gasteiger partial charge in [0.1, 0.15) is 28.9 Å². The van der Waals surface area contributed by atoms with Gasteiger partial charge >= 0.3 is 6.18 Å². The van der Waals surface area contributed by atoms with Crippen molar-refractivity contribution in [2.75, 3.05) is 0 Å². The number of ether oxygens (including phenoxy) is 1. The van der Waals surface area contributed by atoms with Gasteiger partial charge in [-0.25, -0.2) is 9.37 Å². The maximum absolute atomic E-state index is 13.0. The van der Waals surface area contributed by atoms with Crippen molar-refractivity contribution >= 4 is 11.6 Å². The Hall–Kier alpha value is -2.33. The summed E-state index contributed by atoms with van der Waals surface area (Å²) in [5.74, 6) is -1.28. The van der Waals surface area contributed by atoms with E-state index in [0.717, 1.165) is 24.3 Å². The third-order valence-electron chi connectivity index (χ3n) is 2.38. The molecule has 2 rings (SSSR count). The molecule has 0 bridgehead atoms. The maximum Gasteiger partial charge on any atom is 0.433 e. The number of pyridine rings is 1. The number of halogens is 5. The van der Waals surface area contributed by atoms with E-state index in [-0.39, 0.29) is 16.3 Å². The number of hydrogen-bond acceptors (Lipinski definition) is 3. The highest BCUT2D eigenvalue weighted by Gasteiger charge is 2.33. The van der Waals surface area contributed by atoms with Gasteiger partial charge < -0.3 is 4.74 Å². The summed E-state index contributed by atoms with van der Waals surface area (Å²) < 4.78 is 55.8. The first-order chi connectivity index (χ1) is 9.81. The quantitative estimate of drug-likeness (QED) is 0.763. The fourth-order valence-electron chi connectivity index (χ4n) is 1.41. The number of nitriles is 1. The Labute approximate surface area is 121 Å². The van der Waals surface area contributed by atoms with Crippen molar-refractivity contribution in [3.63, 3.8) is 0 Å². The highest BCUT2D eigenvalue weighted by Crippen LogP contribution is 2.32. The van der Waals surface area contributed by atoms with Crippen molar-refractivity contribution in [1.82, 2.24) is 4.98 Å². The number of alkyl halides is 3. The van der Waals surface area contributed by atoms with Crippen LogP contribution < -0.4 is 4.74 Å². The lowest BCUT2D eigenvalue weighted by Crippen LogP contribution is -2.09. The van der Waals surface area contributed by atoms with Crippen LogP contribution in [-0.2, 0) is 6.18 Å². The third-order valence-corrected chi connectivity index (χ3v) is 2.67. The molecule has 21 heavy (non-hydrogen) atoms. The zero-order valence-corrected chi connectivity index (χ0v) is 10.8. The highest BCUT2D eigenvalue weighted by molar-refractivity contribution is 6.30. The molecule has 1 heterocycles. The van der Waals surface area contributed by atoms with E-state index in [1.54, 1.807) is 6.07 Å². The Kier molecular flexibility index (Phi) is 4.00. The van der Waals surface area contributed by atoms with Crippen molar-refractivity contribution in [2.45, 2.75) is 6.18 Å². The topological polar surface area (TPSA) is 45.9 Å². The van der Waals surface area contributed by atoms with E-state index in [2.05, 4.69) is 4.98 Å². The largest absolute Gasteiger partial charge is 0.438 e. The molecule has 0 atom stereocenters. The lowest BCUT2D eigenvalue weighted by Gasteiger charge is -2.10. The van der Waals surface area contributed by atoms with Crippen molar-refractivity contribution in [1.29, 1.82) is 5.26 Å². The van der Waals surface area contributed by atoms with Crippen LogP contribution in [0.5, 0.6) is 11.6 Å². The summed E-state index contributed by atoms with van der Waals surface area (Å²) >= 11 is 5.54. The summed E-state index contributed by atoms with van der Waals surface area (Å²) in [4.78, 5) is 3.26. The molecule has 0 amide bonds. The molecule has 0 unspecified atom stereocenters. The Bertz CT molecular complexity index is 725. The van der Waals surface area contributed by atoms with Crippen LogP contribution >= 0.6 is 11.6 Å². The van der Waals surface area contributed by atoms with Gasteiger partial charge in [0.25, 0.3) is 0 Å². The Morgan fingerprint density at radius 2 is 1.90 bits per heavy atom. The number of hydrogen-bond donors (Lipinski definition) is 0. The maximum atomic E-state index is 13.0. The summed E-state index contributed by atoms with van der Waals surface area (Å²) in [7, 11) is 0. The molecule has 1 aromatic heterocycles. The highest BCUT2D eigenvalue weighted by atomic mass is 35.5. The van der Waals surface area contributed by atoms with Crippen LogP contribution in [0.4, 0.5) is 17.6 Å². The van der Waals surface area contributed by atoms with Gasteiger partial charge in [0.2, 0.25) is 5.88 Å². The van der Waals surface area contributed by atoms with E-state index < -0.39 is 23.6 Å². The van der Waals surface area contributed by atoms with Crippen LogP contribution in [0.25, 0.3) is 0 Å². The van der Waals surface area contributed by atoms with Gasteiger partial charge in [-0.05, 0) is 24.3 Å². The fraction of sp³-hybridized carbons (Fsp3) is 0.0769. The van der Waals surface area contributed by atoms with Crippen LogP contribution in [0, 0.1) is 17.1 Å². The summed E-state index contributed by atoms with van der Waals surface area (Å²) in [5, 5.41) is 8.59. The molecule has 3 nitrogen and oxygen atoms in total. The van der Waals surface area contributed by atoms with Gasteiger partial charge in [-0.15, -0.1) is 0 Å². The second-order valence-electron chi connectivity index (χ2n) is 3.84. The molecule has 0 radical (unpaired) electrons. The molecular formula is C13H5ClF4N2O. The minimum atomic E-state index is -4.67. The molecular weight excluding hydrogens is 312 g/mol. The molecule has 1 aromatic carbocycles. The lowest BCUT2D eigenvalue weighted by atomic mass is 10.2. The zero-order chi connectivity index (χ0) is 15.6. The zero-order valence-electron chi connectivity index (χ0n) is 10.1. The van der Waals surface area contributed by atoms with E-state index in [1.165, 1.54) is 0 Å². The van der Waals surface area contributed by atoms with Crippen LogP contribution in [0.3, 0.4) is 0 Å². The standard InChI is InChI=1S/C13H5ClF4N2O/c14-9-5-8(2-3-10(9)15)21-12-7(6-19)1-4-11(20-12)13(16,17)18/h1-5H. The average Bonchev–Trinajstić information content (AvgIpc) is 2.42. The minimum Gasteiger partial charge on any atom is -0.438 e. The van der Waals surface area contributed by atoms with E-state index in [4.69, 9.17) is 21.6 Å². The Morgan fingerprint density at radius 1 is 1.19 bits per heavy atom. The van der Waals surface area contributed by atoms with Gasteiger partial charge in [-0.3, -0.25) is 0 Å². The average molecular weight is 317 g/mol. The van der Waals surface area contributed by atoms with Crippen molar-refractivity contribution in [3.05, 3.63) is 52.4 Å². The summed E-state index contributed by atoms with van der Waals surface area (Å²) in [6.45, 7) is 0. The molecule has 0 spiro atoms. The first kappa shape index (κ1) is 15.1. The molecule has 0 fully saturated rings. The van der Waals surface area contributed by atoms with E-state index in [9.17, 15) is 17.6 Å². The second-order valence-corrected chi connectivity index (χ2v) is 4.24. The first-order valence-corrected chi connectivity index (χ1v) is 5.80. The van der Waals surface area contributed by atoms with Crippen LogP contribution in [0.2, 0.25) is 5.02 Å². The Morgan fingerprint density at radius 3 is 2.48 bits per heavy atom. The number of aromatic nitrogens is 1. The molecule has 0 aliphatic heterocycles. The molecule has 108 valence electrons. The van der Waals surface area contributed by atoms with Crippen LogP contribution in [0.15, 0.2) is 30.3 Å². The molecule has 8 heteroatoms. The SMILES string of the molecule is N#Cc1ccc(C(F)(F)F)nc1Oc1ccc(F)c(Cl)c1. The van der Waals surface area contributed by atoms with Gasteiger partial charge in [0.05, 0.1) is 5.02 Å². The smallest absolute Gasteiger partial charge is 0.433 e. The molecule has 2 aromatic rings. The van der Waals surface area contributed by atoms with E-state index in [0.29, 0.717) is 6.07 Å². The van der Waals surface area contributed by atoms with Crippen LogP contribution in [-0.4, -0.2) is 4.98 Å². The molecule has 0 saturated heterocycles. The number of rotatable bonds is 2. The monoisotopic (exact) mass is 316 g/mol. The van der Waals surface area contributed by atoms with Gasteiger partial charge in [0, 0.05) is 6.07 Å². The van der Waals surface area contributed by atoms with Gasteiger partial charge in [0.15, 0.2) is 0 Å². The summed E-state index contributed by atoms with van der Waals surface area (Å²) in [6.07, 6.45) is -4.67. The predicted octanol–water partition coefficient (Wildman–Crippen LogP) is 4.56. The van der Waals surface area contributed by atoms with E-state index >= 15 is 0 Å².